The van der Waals surface area contributed by atoms with Crippen LogP contribution in [0.25, 0.3) is 0 Å². The molecule has 5 heteroatoms. The molecule has 0 bridgehead atoms. The highest BCUT2D eigenvalue weighted by Crippen LogP contribution is 2.30. The van der Waals surface area contributed by atoms with Gasteiger partial charge in [0.2, 0.25) is 0 Å². The number of hydrogen-bond donors (Lipinski definition) is 1. The van der Waals surface area contributed by atoms with Crippen LogP contribution < -0.4 is 9.47 Å². The Morgan fingerprint density at radius 2 is 1.86 bits per heavy atom. The molecule has 0 spiro atoms. The summed E-state index contributed by atoms with van der Waals surface area (Å²) in [5.74, 6) is 1.25. The highest BCUT2D eigenvalue weighted by molar-refractivity contribution is 6.42. The third-order valence-electron chi connectivity index (χ3n) is 3.05. The van der Waals surface area contributed by atoms with Crippen LogP contribution >= 0.6 is 23.2 Å². The highest BCUT2D eigenvalue weighted by Gasteiger charge is 2.11. The molecule has 1 atom stereocenters. The van der Waals surface area contributed by atoms with E-state index in [1.54, 1.807) is 44.4 Å². The molecule has 3 nitrogen and oxygen atoms in total. The van der Waals surface area contributed by atoms with E-state index in [4.69, 9.17) is 32.7 Å². The standard InChI is InChI=1S/C16H16Cl2O3/c1-10(19)13-5-4-12(20-2)8-16(13)21-9-11-3-6-14(17)15(18)7-11/h3-8,10,19H,9H2,1-2H3. The van der Waals surface area contributed by atoms with Crippen LogP contribution in [-0.2, 0) is 6.61 Å². The maximum atomic E-state index is 9.79. The number of aliphatic hydroxyl groups excluding tert-OH is 1. The van der Waals surface area contributed by atoms with Crippen LogP contribution in [0.2, 0.25) is 10.0 Å². The van der Waals surface area contributed by atoms with Gasteiger partial charge in [0.1, 0.15) is 18.1 Å². The second kappa shape index (κ2) is 7.03. The zero-order chi connectivity index (χ0) is 15.4. The Bertz CT molecular complexity index is 627. The van der Waals surface area contributed by atoms with Gasteiger partial charge in [0.15, 0.2) is 0 Å². The minimum absolute atomic E-state index is 0.323. The predicted molar refractivity (Wildman–Crippen MR) is 84.4 cm³/mol. The van der Waals surface area contributed by atoms with Crippen molar-refractivity contribution in [3.63, 3.8) is 0 Å². The summed E-state index contributed by atoms with van der Waals surface area (Å²) >= 11 is 11.9. The maximum Gasteiger partial charge on any atom is 0.129 e. The van der Waals surface area contributed by atoms with E-state index >= 15 is 0 Å². The summed E-state index contributed by atoms with van der Waals surface area (Å²) in [6.45, 7) is 2.01. The monoisotopic (exact) mass is 326 g/mol. The molecule has 112 valence electrons. The van der Waals surface area contributed by atoms with Crippen molar-refractivity contribution in [3.8, 4) is 11.5 Å². The summed E-state index contributed by atoms with van der Waals surface area (Å²) in [6, 6.07) is 10.6. The van der Waals surface area contributed by atoms with Crippen molar-refractivity contribution in [2.45, 2.75) is 19.6 Å². The third kappa shape index (κ3) is 4.03. The third-order valence-corrected chi connectivity index (χ3v) is 3.79. The molecular formula is C16H16Cl2O3. The van der Waals surface area contributed by atoms with Gasteiger partial charge in [-0.15, -0.1) is 0 Å². The molecule has 0 radical (unpaired) electrons. The van der Waals surface area contributed by atoms with E-state index in [0.29, 0.717) is 33.7 Å². The van der Waals surface area contributed by atoms with Gasteiger partial charge in [-0.3, -0.25) is 0 Å². The van der Waals surface area contributed by atoms with Gasteiger partial charge in [-0.05, 0) is 36.8 Å². The van der Waals surface area contributed by atoms with Crippen molar-refractivity contribution < 1.29 is 14.6 Å². The van der Waals surface area contributed by atoms with Gasteiger partial charge in [0.25, 0.3) is 0 Å². The van der Waals surface area contributed by atoms with E-state index in [-0.39, 0.29) is 0 Å². The zero-order valence-electron chi connectivity index (χ0n) is 11.8. The smallest absolute Gasteiger partial charge is 0.129 e. The first kappa shape index (κ1) is 16.0. The summed E-state index contributed by atoms with van der Waals surface area (Å²) in [6.07, 6.45) is -0.625. The molecule has 0 saturated carbocycles. The van der Waals surface area contributed by atoms with Crippen LogP contribution in [0.4, 0.5) is 0 Å². The Hall–Kier alpha value is -1.42. The fraction of sp³-hybridized carbons (Fsp3) is 0.250. The number of hydrogen-bond acceptors (Lipinski definition) is 3. The summed E-state index contributed by atoms with van der Waals surface area (Å²) in [5.41, 5.74) is 1.60. The summed E-state index contributed by atoms with van der Waals surface area (Å²) < 4.78 is 11.0. The van der Waals surface area contributed by atoms with E-state index in [1.165, 1.54) is 0 Å². The van der Waals surface area contributed by atoms with Crippen molar-refractivity contribution in [3.05, 3.63) is 57.6 Å². The molecule has 0 heterocycles. The molecular weight excluding hydrogens is 311 g/mol. The fourth-order valence-corrected chi connectivity index (χ4v) is 2.22. The van der Waals surface area contributed by atoms with E-state index in [1.807, 2.05) is 6.07 Å². The summed E-state index contributed by atoms with van der Waals surface area (Å²) in [7, 11) is 1.58. The Morgan fingerprint density at radius 3 is 2.48 bits per heavy atom. The topological polar surface area (TPSA) is 38.7 Å². The molecule has 0 saturated heterocycles. The quantitative estimate of drug-likeness (QED) is 0.870. The van der Waals surface area contributed by atoms with E-state index < -0.39 is 6.10 Å². The SMILES string of the molecule is COc1ccc(C(C)O)c(OCc2ccc(Cl)c(Cl)c2)c1. The molecule has 2 rings (SSSR count). The fourth-order valence-electron chi connectivity index (χ4n) is 1.90. The summed E-state index contributed by atoms with van der Waals surface area (Å²) in [5, 5.41) is 10.8. The largest absolute Gasteiger partial charge is 0.497 e. The molecule has 0 aliphatic carbocycles. The molecule has 21 heavy (non-hydrogen) atoms. The van der Waals surface area contributed by atoms with Crippen molar-refractivity contribution in [1.82, 2.24) is 0 Å². The van der Waals surface area contributed by atoms with Gasteiger partial charge in [-0.25, -0.2) is 0 Å². The second-order valence-electron chi connectivity index (χ2n) is 4.62. The average molecular weight is 327 g/mol. The minimum atomic E-state index is -0.625. The van der Waals surface area contributed by atoms with Crippen molar-refractivity contribution in [1.29, 1.82) is 0 Å². The first-order valence-electron chi connectivity index (χ1n) is 6.44. The van der Waals surface area contributed by atoms with E-state index in [2.05, 4.69) is 0 Å². The second-order valence-corrected chi connectivity index (χ2v) is 5.43. The lowest BCUT2D eigenvalue weighted by Crippen LogP contribution is -2.01. The van der Waals surface area contributed by atoms with Crippen molar-refractivity contribution in [2.75, 3.05) is 7.11 Å². The number of rotatable bonds is 5. The van der Waals surface area contributed by atoms with Gasteiger partial charge in [0.05, 0.1) is 23.3 Å². The van der Waals surface area contributed by atoms with E-state index in [0.717, 1.165) is 5.56 Å². The molecule has 0 aromatic heterocycles. The van der Waals surface area contributed by atoms with Gasteiger partial charge in [-0.1, -0.05) is 29.3 Å². The molecule has 0 aliphatic heterocycles. The first-order chi connectivity index (χ1) is 10.0. The van der Waals surface area contributed by atoms with Gasteiger partial charge < -0.3 is 14.6 Å². The molecule has 0 aliphatic rings. The Labute approximate surface area is 134 Å². The molecule has 0 amide bonds. The van der Waals surface area contributed by atoms with Crippen LogP contribution in [0.3, 0.4) is 0 Å². The molecule has 2 aromatic carbocycles. The highest BCUT2D eigenvalue weighted by atomic mass is 35.5. The van der Waals surface area contributed by atoms with Crippen LogP contribution in [-0.4, -0.2) is 12.2 Å². The van der Waals surface area contributed by atoms with Gasteiger partial charge >= 0.3 is 0 Å². The number of methoxy groups -OCH3 is 1. The Kier molecular flexibility index (Phi) is 5.34. The first-order valence-corrected chi connectivity index (χ1v) is 7.19. The number of benzene rings is 2. The number of aliphatic hydroxyl groups is 1. The maximum absolute atomic E-state index is 9.79. The van der Waals surface area contributed by atoms with E-state index in [9.17, 15) is 5.11 Å². The molecule has 1 N–H and O–H groups in total. The van der Waals surface area contributed by atoms with Gasteiger partial charge in [-0.2, -0.15) is 0 Å². The van der Waals surface area contributed by atoms with Gasteiger partial charge in [0, 0.05) is 11.6 Å². The normalized spacial score (nSPS) is 12.0. The average Bonchev–Trinajstić information content (AvgIpc) is 2.48. The lowest BCUT2D eigenvalue weighted by Gasteiger charge is -2.15. The molecule has 2 aromatic rings. The lowest BCUT2D eigenvalue weighted by molar-refractivity contribution is 0.190. The van der Waals surface area contributed by atoms with Crippen LogP contribution in [0.5, 0.6) is 11.5 Å². The van der Waals surface area contributed by atoms with Crippen molar-refractivity contribution in [2.24, 2.45) is 0 Å². The Morgan fingerprint density at radius 1 is 1.10 bits per heavy atom. The number of ether oxygens (including phenoxy) is 2. The number of halogens is 2. The molecule has 1 unspecified atom stereocenters. The van der Waals surface area contributed by atoms with Crippen molar-refractivity contribution >= 4 is 23.2 Å². The summed E-state index contributed by atoms with van der Waals surface area (Å²) in [4.78, 5) is 0. The minimum Gasteiger partial charge on any atom is -0.497 e. The lowest BCUT2D eigenvalue weighted by atomic mass is 10.1. The van der Waals surface area contributed by atoms with Crippen LogP contribution in [0.15, 0.2) is 36.4 Å². The zero-order valence-corrected chi connectivity index (χ0v) is 13.3. The van der Waals surface area contributed by atoms with Crippen LogP contribution in [0, 0.1) is 0 Å². The molecule has 0 fully saturated rings. The van der Waals surface area contributed by atoms with Crippen LogP contribution in [0.1, 0.15) is 24.2 Å². The predicted octanol–water partition coefficient (Wildman–Crippen LogP) is 4.63. The Balaban J connectivity index is 2.19.